The van der Waals surface area contributed by atoms with Crippen molar-refractivity contribution >= 4 is 5.97 Å². The van der Waals surface area contributed by atoms with Crippen LogP contribution in [-0.2, 0) is 24.1 Å². The van der Waals surface area contributed by atoms with Gasteiger partial charge in [-0.2, -0.15) is 5.26 Å². The number of rotatable bonds is 3. The highest BCUT2D eigenvalue weighted by molar-refractivity contribution is 5.88. The Hall–Kier alpha value is -1.90. The van der Waals surface area contributed by atoms with Crippen molar-refractivity contribution in [2.24, 2.45) is 0 Å². The Balaban J connectivity index is 2.44. The summed E-state index contributed by atoms with van der Waals surface area (Å²) in [7, 11) is 0. The second-order valence-electron chi connectivity index (χ2n) is 4.50. The van der Waals surface area contributed by atoms with Crippen LogP contribution in [0, 0.1) is 11.3 Å². The quantitative estimate of drug-likeness (QED) is 0.790. The van der Waals surface area contributed by atoms with E-state index in [0.717, 1.165) is 0 Å². The van der Waals surface area contributed by atoms with Gasteiger partial charge in [0.05, 0.1) is 19.1 Å². The van der Waals surface area contributed by atoms with Crippen LogP contribution in [0.2, 0.25) is 0 Å². The normalized spacial score (nSPS) is 16.5. The predicted molar refractivity (Wildman–Crippen MR) is 63.0 cm³/mol. The van der Waals surface area contributed by atoms with E-state index in [9.17, 15) is 13.6 Å². The Morgan fingerprint density at radius 1 is 1.63 bits per heavy atom. The van der Waals surface area contributed by atoms with Crippen molar-refractivity contribution < 1.29 is 18.3 Å². The van der Waals surface area contributed by atoms with E-state index in [-0.39, 0.29) is 31.7 Å². The number of hydrogen-bond acceptors (Lipinski definition) is 3. The monoisotopic (exact) mass is 268 g/mol. The first-order chi connectivity index (χ1) is 8.98. The van der Waals surface area contributed by atoms with Gasteiger partial charge in [0.25, 0.3) is 5.92 Å². The summed E-state index contributed by atoms with van der Waals surface area (Å²) in [5.41, 5.74) is 1.27. The first-order valence-electron chi connectivity index (χ1n) is 6.11. The summed E-state index contributed by atoms with van der Waals surface area (Å²) in [6.07, 6.45) is -0.435. The fourth-order valence-corrected chi connectivity index (χ4v) is 2.35. The summed E-state index contributed by atoms with van der Waals surface area (Å²) in [5.74, 6) is -3.35. The number of aryl methyl sites for hydroxylation is 1. The van der Waals surface area contributed by atoms with E-state index >= 15 is 0 Å². The molecule has 1 aromatic heterocycles. The molecule has 0 amide bonds. The molecule has 0 aromatic carbocycles. The molecule has 0 radical (unpaired) electrons. The summed E-state index contributed by atoms with van der Waals surface area (Å²) >= 11 is 0. The Bertz CT molecular complexity index is 544. The number of alkyl halides is 2. The predicted octanol–water partition coefficient (Wildman–Crippen LogP) is 2.31. The summed E-state index contributed by atoms with van der Waals surface area (Å²) in [6, 6.07) is 3.46. The number of hydrogen-bond donors (Lipinski definition) is 0. The molecule has 1 aromatic rings. The van der Waals surface area contributed by atoms with Crippen LogP contribution in [0.4, 0.5) is 8.78 Å². The van der Waals surface area contributed by atoms with Gasteiger partial charge in [0.15, 0.2) is 0 Å². The molecule has 0 spiro atoms. The van der Waals surface area contributed by atoms with E-state index in [4.69, 9.17) is 10.00 Å². The van der Waals surface area contributed by atoms with Crippen LogP contribution < -0.4 is 0 Å². The molecular formula is C13H14F2N2O2. The molecule has 0 aliphatic heterocycles. The molecular weight excluding hydrogens is 254 g/mol. The van der Waals surface area contributed by atoms with Crippen molar-refractivity contribution in [3.8, 4) is 6.07 Å². The molecule has 0 atom stereocenters. The van der Waals surface area contributed by atoms with Crippen molar-refractivity contribution in [2.75, 3.05) is 6.61 Å². The van der Waals surface area contributed by atoms with Gasteiger partial charge in [-0.05, 0) is 25.0 Å². The van der Waals surface area contributed by atoms with E-state index in [1.54, 1.807) is 13.0 Å². The van der Waals surface area contributed by atoms with Crippen molar-refractivity contribution in [1.29, 1.82) is 5.26 Å². The Labute approximate surface area is 109 Å². The fourth-order valence-electron chi connectivity index (χ4n) is 2.35. The molecule has 102 valence electrons. The van der Waals surface area contributed by atoms with Gasteiger partial charge < -0.3 is 9.30 Å². The van der Waals surface area contributed by atoms with Crippen molar-refractivity contribution in [3.05, 3.63) is 23.0 Å². The third-order valence-corrected chi connectivity index (χ3v) is 3.20. The Morgan fingerprint density at radius 3 is 3.00 bits per heavy atom. The number of nitriles is 1. The number of halogens is 2. The molecule has 0 saturated heterocycles. The summed E-state index contributed by atoms with van der Waals surface area (Å²) in [6.45, 7) is 1.75. The lowest BCUT2D eigenvalue weighted by atomic mass is 9.94. The highest BCUT2D eigenvalue weighted by Gasteiger charge is 2.37. The molecule has 2 rings (SSSR count). The highest BCUT2D eigenvalue weighted by atomic mass is 19.3. The van der Waals surface area contributed by atoms with E-state index in [1.807, 2.05) is 6.07 Å². The van der Waals surface area contributed by atoms with Gasteiger partial charge in [0.1, 0.15) is 12.2 Å². The zero-order chi connectivity index (χ0) is 14.0. The van der Waals surface area contributed by atoms with Gasteiger partial charge in [0.2, 0.25) is 0 Å². The zero-order valence-electron chi connectivity index (χ0n) is 10.6. The maximum Gasteiger partial charge on any atom is 0.354 e. The number of esters is 1. The number of aromatic nitrogens is 1. The fraction of sp³-hybridized carbons (Fsp3) is 0.538. The third kappa shape index (κ3) is 2.60. The molecule has 1 heterocycles. The van der Waals surface area contributed by atoms with Crippen molar-refractivity contribution in [2.45, 2.75) is 38.7 Å². The highest BCUT2D eigenvalue weighted by Crippen LogP contribution is 2.34. The van der Waals surface area contributed by atoms with Crippen LogP contribution in [0.3, 0.4) is 0 Å². The van der Waals surface area contributed by atoms with Gasteiger partial charge in [-0.25, -0.2) is 13.6 Å². The third-order valence-electron chi connectivity index (χ3n) is 3.20. The molecule has 1 aliphatic rings. The topological polar surface area (TPSA) is 55.0 Å². The lowest BCUT2D eigenvalue weighted by molar-refractivity contribution is -0.0140. The molecule has 0 unspecified atom stereocenters. The minimum absolute atomic E-state index is 0.125. The van der Waals surface area contributed by atoms with Crippen LogP contribution in [0.25, 0.3) is 0 Å². The van der Waals surface area contributed by atoms with E-state index in [0.29, 0.717) is 11.3 Å². The van der Waals surface area contributed by atoms with Crippen LogP contribution >= 0.6 is 0 Å². The molecule has 19 heavy (non-hydrogen) atoms. The minimum Gasteiger partial charge on any atom is -0.461 e. The molecule has 6 heteroatoms. The second-order valence-corrected chi connectivity index (χ2v) is 4.50. The van der Waals surface area contributed by atoms with E-state index < -0.39 is 18.3 Å². The van der Waals surface area contributed by atoms with E-state index in [2.05, 4.69) is 0 Å². The number of ether oxygens (including phenoxy) is 1. The first kappa shape index (κ1) is 13.5. The Morgan fingerprint density at radius 2 is 2.37 bits per heavy atom. The summed E-state index contributed by atoms with van der Waals surface area (Å²) < 4.78 is 33.1. The summed E-state index contributed by atoms with van der Waals surface area (Å²) in [4.78, 5) is 11.8. The minimum atomic E-state index is -2.77. The largest absolute Gasteiger partial charge is 0.461 e. The van der Waals surface area contributed by atoms with Gasteiger partial charge in [-0.15, -0.1) is 0 Å². The number of fused-ring (bicyclic) bond motifs is 1. The van der Waals surface area contributed by atoms with Crippen LogP contribution in [0.1, 0.15) is 35.1 Å². The number of carbonyl (C=O) groups excluding carboxylic acids is 1. The lowest BCUT2D eigenvalue weighted by Gasteiger charge is -2.23. The van der Waals surface area contributed by atoms with Crippen LogP contribution in [0.15, 0.2) is 6.07 Å². The maximum atomic E-state index is 13.4. The molecule has 0 saturated carbocycles. The Kier molecular flexibility index (Phi) is 3.56. The first-order valence-corrected chi connectivity index (χ1v) is 6.11. The maximum absolute atomic E-state index is 13.4. The van der Waals surface area contributed by atoms with Gasteiger partial charge >= 0.3 is 5.97 Å². The van der Waals surface area contributed by atoms with E-state index in [1.165, 1.54) is 4.57 Å². The van der Waals surface area contributed by atoms with Crippen LogP contribution in [0.5, 0.6) is 0 Å². The molecule has 0 N–H and O–H groups in total. The molecule has 0 bridgehead atoms. The SMILES string of the molecule is CCOC(=O)c1cc2c(n1CC#N)CC(F)(F)CC2. The standard InChI is InChI=1S/C13H14F2N2O2/c1-2-19-12(18)10-7-9-3-4-13(14,15)8-11(9)17(10)6-5-16/h7H,2-4,6,8H2,1H3. The molecule has 1 aliphatic carbocycles. The average Bonchev–Trinajstić information content (AvgIpc) is 2.67. The summed E-state index contributed by atoms with van der Waals surface area (Å²) in [5, 5.41) is 8.80. The smallest absolute Gasteiger partial charge is 0.354 e. The second kappa shape index (κ2) is 5.00. The van der Waals surface area contributed by atoms with Crippen molar-refractivity contribution in [1.82, 2.24) is 4.57 Å². The number of carbonyl (C=O) groups is 1. The van der Waals surface area contributed by atoms with Gasteiger partial charge in [0, 0.05) is 12.1 Å². The van der Waals surface area contributed by atoms with Crippen molar-refractivity contribution in [3.63, 3.8) is 0 Å². The van der Waals surface area contributed by atoms with Gasteiger partial charge in [-0.1, -0.05) is 0 Å². The zero-order valence-corrected chi connectivity index (χ0v) is 10.6. The number of nitrogens with zero attached hydrogens (tertiary/aromatic N) is 2. The van der Waals surface area contributed by atoms with Gasteiger partial charge in [-0.3, -0.25) is 0 Å². The molecule has 0 fully saturated rings. The van der Waals surface area contributed by atoms with Crippen LogP contribution in [-0.4, -0.2) is 23.1 Å². The molecule has 4 nitrogen and oxygen atoms in total. The average molecular weight is 268 g/mol. The lowest BCUT2D eigenvalue weighted by Crippen LogP contribution is -2.27.